The number of nitrogens with one attached hydrogen (secondary N) is 1. The topological polar surface area (TPSA) is 29.1 Å². The predicted octanol–water partition coefficient (Wildman–Crippen LogP) is -3.73. The van der Waals surface area contributed by atoms with Crippen LogP contribution in [-0.2, 0) is 25.7 Å². The molecule has 0 aromatic heterocycles. The standard InChI is InChI=1S/C5H5.C4H9NO.C2H7Si.2ClH.Hf/c1-2-4-5-3-1;1-2-3-4(5)6;1-3-2;;;/h1-3H,4H2;2-3H2,1H3,(H2,5,6);3H,1-2H3;2*1H;/q;;;;;+3/p-3. The Morgan fingerprint density at radius 3 is 2.53 bits per heavy atom. The molecule has 0 fully saturated rings. The fourth-order valence-corrected chi connectivity index (χ4v) is 21.2. The van der Waals surface area contributed by atoms with Crippen LogP contribution < -0.4 is 28.1 Å². The molecular formula is C11H20Cl2HfNOSi. The third kappa shape index (κ3) is 6.94. The van der Waals surface area contributed by atoms with Gasteiger partial charge in [0.15, 0.2) is 0 Å². The summed E-state index contributed by atoms with van der Waals surface area (Å²) in [5.41, 5.74) is 0. The average molecular weight is 460 g/mol. The Morgan fingerprint density at radius 1 is 1.47 bits per heavy atom. The Kier molecular flexibility index (Phi) is 12.4. The quantitative estimate of drug-likeness (QED) is 0.421. The van der Waals surface area contributed by atoms with Crippen molar-refractivity contribution in [3.63, 3.8) is 0 Å². The minimum absolute atomic E-state index is 0. The van der Waals surface area contributed by atoms with Gasteiger partial charge in [-0.2, -0.15) is 0 Å². The summed E-state index contributed by atoms with van der Waals surface area (Å²) in [4.78, 5) is 11.6. The number of hydrogen-bond donors (Lipinski definition) is 1. The van der Waals surface area contributed by atoms with E-state index in [1.54, 1.807) is 3.33 Å². The maximum Gasteiger partial charge on any atom is -1.00 e. The number of carbonyl (C=O) groups is 1. The van der Waals surface area contributed by atoms with E-state index >= 15 is 0 Å². The molecule has 0 unspecified atom stereocenters. The Balaban J connectivity index is 0. The van der Waals surface area contributed by atoms with Crippen LogP contribution in [0.4, 0.5) is 0 Å². The summed E-state index contributed by atoms with van der Waals surface area (Å²) in [6.07, 6.45) is 9.38. The van der Waals surface area contributed by atoms with Gasteiger partial charge in [0.25, 0.3) is 0 Å². The summed E-state index contributed by atoms with van der Waals surface area (Å²) in [5, 5.41) is 0. The molecule has 0 saturated carbocycles. The molecule has 1 rings (SSSR count). The van der Waals surface area contributed by atoms with E-state index in [2.05, 4.69) is 41.6 Å². The van der Waals surface area contributed by atoms with E-state index < -0.39 is 26.9 Å². The zero-order valence-electron chi connectivity index (χ0n) is 10.6. The predicted molar refractivity (Wildman–Crippen MR) is 63.8 cm³/mol. The summed E-state index contributed by atoms with van der Waals surface area (Å²) >= 11 is -1.89. The Labute approximate surface area is 126 Å². The number of hydrogen-bond acceptors (Lipinski definition) is 1. The van der Waals surface area contributed by atoms with Gasteiger partial charge >= 0.3 is 102 Å². The third-order valence-corrected chi connectivity index (χ3v) is 26.0. The van der Waals surface area contributed by atoms with Crippen LogP contribution in [0.15, 0.2) is 21.6 Å². The van der Waals surface area contributed by atoms with Crippen molar-refractivity contribution in [2.24, 2.45) is 0 Å². The largest absolute Gasteiger partial charge is 1.00 e. The summed E-state index contributed by atoms with van der Waals surface area (Å²) in [6.45, 7) is 6.83. The Morgan fingerprint density at radius 2 is 2.12 bits per heavy atom. The van der Waals surface area contributed by atoms with E-state index in [0.29, 0.717) is 12.3 Å². The number of allylic oxidation sites excluding steroid dienone is 4. The van der Waals surface area contributed by atoms with Crippen molar-refractivity contribution in [2.45, 2.75) is 39.3 Å². The van der Waals surface area contributed by atoms with Gasteiger partial charge in [0.2, 0.25) is 0 Å². The van der Waals surface area contributed by atoms with Crippen LogP contribution in [0.5, 0.6) is 0 Å². The SMILES string of the molecule is CCCC(=O)[NH][Hf+2]([C]1=CC=CC1)[SiH](C)C.[Cl-].[Cl-]. The second-order valence-corrected chi connectivity index (χ2v) is 29.8. The van der Waals surface area contributed by atoms with E-state index in [1.807, 2.05) is 0 Å². The number of amides is 1. The molecule has 0 aliphatic heterocycles. The van der Waals surface area contributed by atoms with Crippen molar-refractivity contribution in [2.75, 3.05) is 0 Å². The minimum Gasteiger partial charge on any atom is -1.00 e. The number of carbonyl (C=O) groups excluding carboxylic acids is 1. The minimum atomic E-state index is -1.89. The molecule has 0 aromatic carbocycles. The van der Waals surface area contributed by atoms with Crippen LogP contribution in [0.3, 0.4) is 0 Å². The van der Waals surface area contributed by atoms with Crippen molar-refractivity contribution in [1.82, 2.24) is 3.30 Å². The molecule has 17 heavy (non-hydrogen) atoms. The zero-order chi connectivity index (χ0) is 11.3. The van der Waals surface area contributed by atoms with E-state index in [-0.39, 0.29) is 24.8 Å². The third-order valence-electron chi connectivity index (χ3n) is 2.45. The first kappa shape index (κ1) is 19.9. The number of halogens is 2. The van der Waals surface area contributed by atoms with Gasteiger partial charge < -0.3 is 24.8 Å². The molecule has 0 radical (unpaired) electrons. The second-order valence-electron chi connectivity index (χ2n) is 4.19. The van der Waals surface area contributed by atoms with Crippen molar-refractivity contribution < 1.29 is 50.5 Å². The molecule has 0 atom stereocenters. The van der Waals surface area contributed by atoms with Crippen LogP contribution in [0.1, 0.15) is 26.2 Å². The van der Waals surface area contributed by atoms with Crippen LogP contribution >= 0.6 is 0 Å². The fraction of sp³-hybridized carbons (Fsp3) is 0.545. The molecule has 0 aromatic rings. The molecule has 97 valence electrons. The maximum absolute atomic E-state index is 11.6. The number of rotatable bonds is 5. The molecule has 0 heterocycles. The normalized spacial score (nSPS) is 12.6. The molecule has 6 heteroatoms. The summed E-state index contributed by atoms with van der Waals surface area (Å²) < 4.78 is 4.99. The smallest absolute Gasteiger partial charge is 1.00 e. The zero-order valence-corrected chi connectivity index (χ0v) is 16.9. The molecule has 2 nitrogen and oxygen atoms in total. The van der Waals surface area contributed by atoms with Gasteiger partial charge in [0.1, 0.15) is 0 Å². The molecule has 0 bridgehead atoms. The summed E-state index contributed by atoms with van der Waals surface area (Å²) in [6, 6.07) is 0. The van der Waals surface area contributed by atoms with E-state index in [1.165, 1.54) is 0 Å². The van der Waals surface area contributed by atoms with Crippen LogP contribution in [-0.4, -0.2) is 11.9 Å². The molecule has 1 N–H and O–H groups in total. The Hall–Kier alpha value is 0.617. The molecular weight excluding hydrogens is 440 g/mol. The van der Waals surface area contributed by atoms with Crippen LogP contribution in [0.2, 0.25) is 13.1 Å². The van der Waals surface area contributed by atoms with Crippen LogP contribution in [0, 0.1) is 0 Å². The van der Waals surface area contributed by atoms with Crippen molar-refractivity contribution in [1.29, 1.82) is 0 Å². The van der Waals surface area contributed by atoms with Gasteiger partial charge in [0, 0.05) is 0 Å². The average Bonchev–Trinajstić information content (AvgIpc) is 2.66. The maximum atomic E-state index is 11.6. The fourth-order valence-electron chi connectivity index (χ4n) is 1.68. The molecule has 0 spiro atoms. The van der Waals surface area contributed by atoms with E-state index in [9.17, 15) is 4.79 Å². The van der Waals surface area contributed by atoms with Crippen molar-refractivity contribution >= 4 is 11.9 Å². The molecule has 1 amide bonds. The first-order chi connectivity index (χ1) is 7.15. The van der Waals surface area contributed by atoms with Gasteiger partial charge in [-0.15, -0.1) is 0 Å². The van der Waals surface area contributed by atoms with Gasteiger partial charge in [-0.1, -0.05) is 0 Å². The van der Waals surface area contributed by atoms with Gasteiger partial charge in [0.05, 0.1) is 0 Å². The van der Waals surface area contributed by atoms with Crippen molar-refractivity contribution in [3.05, 3.63) is 21.6 Å². The molecule has 1 aliphatic carbocycles. The van der Waals surface area contributed by atoms with Gasteiger partial charge in [-0.3, -0.25) is 0 Å². The van der Waals surface area contributed by atoms with Crippen molar-refractivity contribution in [3.8, 4) is 0 Å². The second kappa shape index (κ2) is 10.5. The van der Waals surface area contributed by atoms with E-state index in [0.717, 1.165) is 12.8 Å². The molecule has 1 aliphatic rings. The van der Waals surface area contributed by atoms with Gasteiger partial charge in [-0.25, -0.2) is 0 Å². The summed E-state index contributed by atoms with van der Waals surface area (Å²) in [7, 11) is 0. The molecule has 0 saturated heterocycles. The van der Waals surface area contributed by atoms with Gasteiger partial charge in [-0.05, 0) is 0 Å². The first-order valence-corrected chi connectivity index (χ1v) is 18.4. The Bertz CT molecular complexity index is 295. The summed E-state index contributed by atoms with van der Waals surface area (Å²) in [5.74, 6) is -0.347. The van der Waals surface area contributed by atoms with Crippen LogP contribution in [0.25, 0.3) is 0 Å². The first-order valence-electron chi connectivity index (χ1n) is 5.68. The van der Waals surface area contributed by atoms with E-state index in [4.69, 9.17) is 0 Å². The monoisotopic (exact) mass is 460 g/mol.